The van der Waals surface area contributed by atoms with Gasteiger partial charge in [0.1, 0.15) is 0 Å². The monoisotopic (exact) mass is 254 g/mol. The van der Waals surface area contributed by atoms with Crippen molar-refractivity contribution >= 4 is 5.91 Å². The van der Waals surface area contributed by atoms with E-state index in [1.54, 1.807) is 7.11 Å². The Morgan fingerprint density at radius 3 is 2.89 bits per heavy atom. The molecule has 2 unspecified atom stereocenters. The first-order valence-electron chi connectivity index (χ1n) is 7.15. The van der Waals surface area contributed by atoms with Gasteiger partial charge in [0.25, 0.3) is 0 Å². The predicted molar refractivity (Wildman–Crippen MR) is 71.4 cm³/mol. The molecule has 1 aliphatic carbocycles. The van der Waals surface area contributed by atoms with Crippen LogP contribution in [-0.2, 0) is 9.53 Å². The van der Waals surface area contributed by atoms with E-state index in [2.05, 4.69) is 17.6 Å². The molecule has 1 saturated heterocycles. The molecule has 1 saturated carbocycles. The molecule has 0 aromatic heterocycles. The van der Waals surface area contributed by atoms with E-state index in [0.29, 0.717) is 11.3 Å². The molecule has 2 fully saturated rings. The lowest BCUT2D eigenvalue weighted by atomic mass is 9.93. The van der Waals surface area contributed by atoms with Crippen molar-refractivity contribution < 1.29 is 9.53 Å². The minimum absolute atomic E-state index is 0.0203. The SMILES string of the molecule is COCCC1(CNC(=O)C2CC(C)CCN2)CC1. The largest absolute Gasteiger partial charge is 0.385 e. The van der Waals surface area contributed by atoms with Crippen LogP contribution in [0, 0.1) is 11.3 Å². The Kier molecular flexibility index (Phi) is 4.62. The first-order valence-corrected chi connectivity index (χ1v) is 7.15. The summed E-state index contributed by atoms with van der Waals surface area (Å²) in [7, 11) is 1.74. The average Bonchev–Trinajstić information content (AvgIpc) is 3.14. The summed E-state index contributed by atoms with van der Waals surface area (Å²) in [5, 5.41) is 6.44. The quantitative estimate of drug-likeness (QED) is 0.751. The molecule has 2 atom stereocenters. The van der Waals surface area contributed by atoms with Gasteiger partial charge in [-0.05, 0) is 50.0 Å². The van der Waals surface area contributed by atoms with Gasteiger partial charge in [-0.15, -0.1) is 0 Å². The van der Waals surface area contributed by atoms with Gasteiger partial charge in [0.2, 0.25) is 5.91 Å². The minimum atomic E-state index is 0.0203. The summed E-state index contributed by atoms with van der Waals surface area (Å²) in [4.78, 5) is 12.1. The smallest absolute Gasteiger partial charge is 0.237 e. The molecule has 2 N–H and O–H groups in total. The van der Waals surface area contributed by atoms with Crippen LogP contribution in [0.2, 0.25) is 0 Å². The summed E-state index contributed by atoms with van der Waals surface area (Å²) in [5.41, 5.74) is 0.339. The van der Waals surface area contributed by atoms with E-state index in [1.165, 1.54) is 19.3 Å². The molecule has 4 heteroatoms. The lowest BCUT2D eigenvalue weighted by Gasteiger charge is -2.28. The topological polar surface area (TPSA) is 50.4 Å². The summed E-state index contributed by atoms with van der Waals surface area (Å²) in [6.07, 6.45) is 5.67. The number of carbonyl (C=O) groups is 1. The van der Waals surface area contributed by atoms with Crippen molar-refractivity contribution in [3.8, 4) is 0 Å². The van der Waals surface area contributed by atoms with Crippen molar-refractivity contribution in [1.82, 2.24) is 10.6 Å². The molecule has 2 aliphatic rings. The number of hydrogen-bond acceptors (Lipinski definition) is 3. The normalized spacial score (nSPS) is 29.9. The Hall–Kier alpha value is -0.610. The highest BCUT2D eigenvalue weighted by atomic mass is 16.5. The van der Waals surface area contributed by atoms with Crippen molar-refractivity contribution in [3.63, 3.8) is 0 Å². The maximum absolute atomic E-state index is 12.1. The zero-order valence-corrected chi connectivity index (χ0v) is 11.6. The van der Waals surface area contributed by atoms with E-state index in [-0.39, 0.29) is 11.9 Å². The number of piperidine rings is 1. The van der Waals surface area contributed by atoms with E-state index in [9.17, 15) is 4.79 Å². The standard InChI is InChI=1S/C14H26N2O2/c1-11-3-7-15-12(9-11)13(17)16-10-14(4-5-14)6-8-18-2/h11-12,15H,3-10H2,1-2H3,(H,16,17). The van der Waals surface area contributed by atoms with Crippen molar-refractivity contribution in [2.75, 3.05) is 26.8 Å². The van der Waals surface area contributed by atoms with Crippen LogP contribution >= 0.6 is 0 Å². The van der Waals surface area contributed by atoms with Crippen LogP contribution in [0.25, 0.3) is 0 Å². The van der Waals surface area contributed by atoms with Crippen molar-refractivity contribution in [2.45, 2.75) is 45.1 Å². The Morgan fingerprint density at radius 2 is 2.28 bits per heavy atom. The lowest BCUT2D eigenvalue weighted by Crippen LogP contribution is -2.49. The highest BCUT2D eigenvalue weighted by Crippen LogP contribution is 2.48. The van der Waals surface area contributed by atoms with Gasteiger partial charge in [0, 0.05) is 20.3 Å². The number of carbonyl (C=O) groups excluding carboxylic acids is 1. The third kappa shape index (κ3) is 3.69. The fourth-order valence-corrected chi connectivity index (χ4v) is 2.72. The van der Waals surface area contributed by atoms with Crippen LogP contribution < -0.4 is 10.6 Å². The van der Waals surface area contributed by atoms with Gasteiger partial charge in [-0.1, -0.05) is 6.92 Å². The molecule has 104 valence electrons. The second kappa shape index (κ2) is 6.02. The highest BCUT2D eigenvalue weighted by Gasteiger charge is 2.42. The van der Waals surface area contributed by atoms with Gasteiger partial charge in [0.05, 0.1) is 6.04 Å². The molecular weight excluding hydrogens is 228 g/mol. The third-order valence-corrected chi connectivity index (χ3v) is 4.41. The fourth-order valence-electron chi connectivity index (χ4n) is 2.72. The molecule has 1 heterocycles. The molecule has 1 aliphatic heterocycles. The Labute approximate surface area is 110 Å². The maximum atomic E-state index is 12.1. The molecular formula is C14H26N2O2. The second-order valence-electron chi connectivity index (χ2n) is 6.10. The van der Waals surface area contributed by atoms with Crippen LogP contribution in [0.15, 0.2) is 0 Å². The summed E-state index contributed by atoms with van der Waals surface area (Å²) < 4.78 is 5.13. The lowest BCUT2D eigenvalue weighted by molar-refractivity contribution is -0.124. The van der Waals surface area contributed by atoms with Crippen LogP contribution in [0.5, 0.6) is 0 Å². The zero-order valence-electron chi connectivity index (χ0n) is 11.6. The molecule has 0 aromatic rings. The van der Waals surface area contributed by atoms with Gasteiger partial charge in [-0.3, -0.25) is 4.79 Å². The number of hydrogen-bond donors (Lipinski definition) is 2. The van der Waals surface area contributed by atoms with Gasteiger partial charge in [-0.25, -0.2) is 0 Å². The Morgan fingerprint density at radius 1 is 1.50 bits per heavy atom. The maximum Gasteiger partial charge on any atom is 0.237 e. The van der Waals surface area contributed by atoms with Gasteiger partial charge in [-0.2, -0.15) is 0 Å². The highest BCUT2D eigenvalue weighted by molar-refractivity contribution is 5.81. The number of amides is 1. The summed E-state index contributed by atoms with van der Waals surface area (Å²) in [5.74, 6) is 0.843. The van der Waals surface area contributed by atoms with Crippen LogP contribution in [-0.4, -0.2) is 38.8 Å². The predicted octanol–water partition coefficient (Wildman–Crippen LogP) is 1.31. The fraction of sp³-hybridized carbons (Fsp3) is 0.929. The molecule has 18 heavy (non-hydrogen) atoms. The van der Waals surface area contributed by atoms with Crippen LogP contribution in [0.4, 0.5) is 0 Å². The number of methoxy groups -OCH3 is 1. The zero-order chi connectivity index (χ0) is 13.0. The number of nitrogens with one attached hydrogen (secondary N) is 2. The van der Waals surface area contributed by atoms with Crippen molar-refractivity contribution in [2.24, 2.45) is 11.3 Å². The van der Waals surface area contributed by atoms with Crippen molar-refractivity contribution in [1.29, 1.82) is 0 Å². The van der Waals surface area contributed by atoms with Crippen LogP contribution in [0.1, 0.15) is 39.0 Å². The summed E-state index contributed by atoms with van der Waals surface area (Å²) in [6.45, 7) is 4.81. The van der Waals surface area contributed by atoms with Crippen molar-refractivity contribution in [3.05, 3.63) is 0 Å². The first kappa shape index (κ1) is 13.8. The molecule has 1 amide bonds. The van der Waals surface area contributed by atoms with Crippen LogP contribution in [0.3, 0.4) is 0 Å². The molecule has 0 spiro atoms. The number of rotatable bonds is 6. The first-order chi connectivity index (χ1) is 8.65. The van der Waals surface area contributed by atoms with Gasteiger partial charge in [0.15, 0.2) is 0 Å². The molecule has 0 radical (unpaired) electrons. The van der Waals surface area contributed by atoms with E-state index in [1.807, 2.05) is 0 Å². The van der Waals surface area contributed by atoms with E-state index in [0.717, 1.165) is 32.5 Å². The Balaban J connectivity index is 1.71. The summed E-state index contributed by atoms with van der Waals surface area (Å²) in [6, 6.07) is 0.0203. The second-order valence-corrected chi connectivity index (χ2v) is 6.10. The van der Waals surface area contributed by atoms with Gasteiger partial charge < -0.3 is 15.4 Å². The third-order valence-electron chi connectivity index (χ3n) is 4.41. The van der Waals surface area contributed by atoms with Gasteiger partial charge >= 0.3 is 0 Å². The molecule has 2 rings (SSSR count). The number of ether oxygens (including phenoxy) is 1. The molecule has 0 aromatic carbocycles. The molecule has 0 bridgehead atoms. The van der Waals surface area contributed by atoms with E-state index >= 15 is 0 Å². The molecule has 4 nitrogen and oxygen atoms in total. The Bertz CT molecular complexity index is 290. The minimum Gasteiger partial charge on any atom is -0.385 e. The van der Waals surface area contributed by atoms with E-state index in [4.69, 9.17) is 4.74 Å². The van der Waals surface area contributed by atoms with E-state index < -0.39 is 0 Å². The average molecular weight is 254 g/mol. The summed E-state index contributed by atoms with van der Waals surface area (Å²) >= 11 is 0.